The predicted octanol–water partition coefficient (Wildman–Crippen LogP) is 2.87. The Labute approximate surface area is 113 Å². The molecule has 100 valence electrons. The minimum absolute atomic E-state index is 0.308. The maximum atomic E-state index is 11.9. The summed E-state index contributed by atoms with van der Waals surface area (Å²) in [5.41, 5.74) is 0. The number of likely N-dealkylation sites (N-methyl/N-ethyl adjacent to an activating group) is 1. The van der Waals surface area contributed by atoms with E-state index < -0.39 is 0 Å². The summed E-state index contributed by atoms with van der Waals surface area (Å²) in [6.45, 7) is 6.48. The first-order chi connectivity index (χ1) is 8.70. The van der Waals surface area contributed by atoms with Crippen LogP contribution in [0, 0.1) is 0 Å². The number of nitrogens with zero attached hydrogens (tertiary/aromatic N) is 2. The molecule has 1 fully saturated rings. The van der Waals surface area contributed by atoms with E-state index in [2.05, 4.69) is 29.8 Å². The Balaban J connectivity index is 1.95. The Hall–Kier alpha value is -0.870. The molecule has 0 aromatic carbocycles. The Morgan fingerprint density at radius 2 is 2.00 bits per heavy atom. The summed E-state index contributed by atoms with van der Waals surface area (Å²) in [5.74, 6) is 0.308. The quantitative estimate of drug-likeness (QED) is 0.766. The van der Waals surface area contributed by atoms with Gasteiger partial charge in [-0.2, -0.15) is 0 Å². The number of unbranched alkanes of at least 4 members (excludes halogenated alkanes) is 1. The molecule has 0 amide bonds. The predicted molar refractivity (Wildman–Crippen MR) is 77.9 cm³/mol. The number of anilines is 1. The van der Waals surface area contributed by atoms with Crippen LogP contribution < -0.4 is 4.90 Å². The molecule has 0 unspecified atom stereocenters. The van der Waals surface area contributed by atoms with Gasteiger partial charge in [0.05, 0.1) is 9.88 Å². The van der Waals surface area contributed by atoms with E-state index in [9.17, 15) is 4.79 Å². The molecule has 0 bridgehead atoms. The second kappa shape index (κ2) is 6.34. The van der Waals surface area contributed by atoms with Crippen LogP contribution >= 0.6 is 11.3 Å². The SMILES string of the molecule is CCCCC(=O)c1ccc(N2CCN(C)CC2)s1. The number of rotatable bonds is 5. The highest BCUT2D eigenvalue weighted by atomic mass is 32.1. The molecule has 1 aromatic rings. The maximum Gasteiger partial charge on any atom is 0.172 e. The number of Topliss-reactive ketones (excluding diaryl/α,β-unsaturated/α-hetero) is 1. The van der Waals surface area contributed by atoms with Crippen molar-refractivity contribution >= 4 is 22.1 Å². The molecule has 0 radical (unpaired) electrons. The van der Waals surface area contributed by atoms with Crippen LogP contribution in [0.3, 0.4) is 0 Å². The number of thiophene rings is 1. The molecule has 1 saturated heterocycles. The van der Waals surface area contributed by atoms with Gasteiger partial charge in [-0.3, -0.25) is 4.79 Å². The van der Waals surface area contributed by atoms with E-state index in [1.807, 2.05) is 6.07 Å². The van der Waals surface area contributed by atoms with Gasteiger partial charge >= 0.3 is 0 Å². The number of piperazine rings is 1. The van der Waals surface area contributed by atoms with Crippen LogP contribution in [-0.2, 0) is 0 Å². The van der Waals surface area contributed by atoms with Gasteiger partial charge in [0.25, 0.3) is 0 Å². The molecule has 0 spiro atoms. The normalized spacial score (nSPS) is 17.1. The molecule has 4 heteroatoms. The first-order valence-electron chi connectivity index (χ1n) is 6.77. The Bertz CT molecular complexity index is 394. The first-order valence-corrected chi connectivity index (χ1v) is 7.59. The van der Waals surface area contributed by atoms with Crippen molar-refractivity contribution in [2.75, 3.05) is 38.1 Å². The van der Waals surface area contributed by atoms with E-state index in [0.717, 1.165) is 43.9 Å². The zero-order valence-electron chi connectivity index (χ0n) is 11.3. The van der Waals surface area contributed by atoms with Gasteiger partial charge in [-0.05, 0) is 25.6 Å². The molecule has 1 aliphatic rings. The van der Waals surface area contributed by atoms with E-state index in [0.29, 0.717) is 12.2 Å². The van der Waals surface area contributed by atoms with E-state index in [-0.39, 0.29) is 0 Å². The van der Waals surface area contributed by atoms with Gasteiger partial charge in [0.2, 0.25) is 0 Å². The highest BCUT2D eigenvalue weighted by Crippen LogP contribution is 2.28. The molecule has 18 heavy (non-hydrogen) atoms. The van der Waals surface area contributed by atoms with Crippen molar-refractivity contribution in [1.82, 2.24) is 4.90 Å². The van der Waals surface area contributed by atoms with Crippen molar-refractivity contribution in [2.45, 2.75) is 26.2 Å². The van der Waals surface area contributed by atoms with Crippen molar-refractivity contribution in [3.8, 4) is 0 Å². The zero-order chi connectivity index (χ0) is 13.0. The maximum absolute atomic E-state index is 11.9. The van der Waals surface area contributed by atoms with Crippen LogP contribution in [0.2, 0.25) is 0 Å². The molecular formula is C14H22N2OS. The average molecular weight is 266 g/mol. The molecule has 2 heterocycles. The van der Waals surface area contributed by atoms with Crippen molar-refractivity contribution in [3.05, 3.63) is 17.0 Å². The molecule has 2 rings (SSSR count). The molecule has 1 aliphatic heterocycles. The third-order valence-electron chi connectivity index (χ3n) is 3.44. The Morgan fingerprint density at radius 3 is 2.67 bits per heavy atom. The van der Waals surface area contributed by atoms with E-state index in [1.165, 1.54) is 5.00 Å². The zero-order valence-corrected chi connectivity index (χ0v) is 12.1. The van der Waals surface area contributed by atoms with Crippen LogP contribution in [0.1, 0.15) is 35.9 Å². The topological polar surface area (TPSA) is 23.6 Å². The minimum Gasteiger partial charge on any atom is -0.361 e. The third kappa shape index (κ3) is 3.33. The number of hydrogen-bond acceptors (Lipinski definition) is 4. The molecular weight excluding hydrogens is 244 g/mol. The van der Waals surface area contributed by atoms with Crippen molar-refractivity contribution < 1.29 is 4.79 Å². The monoisotopic (exact) mass is 266 g/mol. The Morgan fingerprint density at radius 1 is 1.28 bits per heavy atom. The summed E-state index contributed by atoms with van der Waals surface area (Å²) in [6.07, 6.45) is 2.78. The molecule has 0 aliphatic carbocycles. The van der Waals surface area contributed by atoms with Crippen molar-refractivity contribution in [3.63, 3.8) is 0 Å². The number of carbonyl (C=O) groups is 1. The van der Waals surface area contributed by atoms with Crippen LogP contribution in [-0.4, -0.2) is 43.9 Å². The van der Waals surface area contributed by atoms with E-state index in [4.69, 9.17) is 0 Å². The summed E-state index contributed by atoms with van der Waals surface area (Å²) in [6, 6.07) is 4.10. The summed E-state index contributed by atoms with van der Waals surface area (Å²) in [4.78, 5) is 17.6. The lowest BCUT2D eigenvalue weighted by atomic mass is 10.1. The Kier molecular flexibility index (Phi) is 4.78. The second-order valence-electron chi connectivity index (χ2n) is 4.95. The van der Waals surface area contributed by atoms with Gasteiger partial charge in [-0.15, -0.1) is 11.3 Å². The number of hydrogen-bond donors (Lipinski definition) is 0. The lowest BCUT2D eigenvalue weighted by molar-refractivity contribution is 0.0983. The average Bonchev–Trinajstić information content (AvgIpc) is 2.86. The number of carbonyl (C=O) groups excluding carboxylic acids is 1. The van der Waals surface area contributed by atoms with Gasteiger partial charge < -0.3 is 9.80 Å². The molecule has 0 saturated carbocycles. The van der Waals surface area contributed by atoms with Gasteiger partial charge in [-0.1, -0.05) is 13.3 Å². The summed E-state index contributed by atoms with van der Waals surface area (Å²) in [5, 5.41) is 1.25. The van der Waals surface area contributed by atoms with Gasteiger partial charge in [0, 0.05) is 32.6 Å². The lowest BCUT2D eigenvalue weighted by Crippen LogP contribution is -2.44. The van der Waals surface area contributed by atoms with Crippen LogP contribution in [0.15, 0.2) is 12.1 Å². The standard InChI is InChI=1S/C14H22N2OS/c1-3-4-5-12(17)13-6-7-14(18-13)16-10-8-15(2)9-11-16/h6-7H,3-5,8-11H2,1-2H3. The minimum atomic E-state index is 0.308. The van der Waals surface area contributed by atoms with Crippen molar-refractivity contribution in [1.29, 1.82) is 0 Å². The molecule has 0 N–H and O–H groups in total. The van der Waals surface area contributed by atoms with Crippen LogP contribution in [0.25, 0.3) is 0 Å². The van der Waals surface area contributed by atoms with E-state index >= 15 is 0 Å². The highest BCUT2D eigenvalue weighted by molar-refractivity contribution is 7.18. The van der Waals surface area contributed by atoms with Gasteiger partial charge in [0.1, 0.15) is 0 Å². The second-order valence-corrected chi connectivity index (χ2v) is 6.02. The third-order valence-corrected chi connectivity index (χ3v) is 4.63. The highest BCUT2D eigenvalue weighted by Gasteiger charge is 2.17. The smallest absolute Gasteiger partial charge is 0.172 e. The summed E-state index contributed by atoms with van der Waals surface area (Å²) in [7, 11) is 2.16. The lowest BCUT2D eigenvalue weighted by Gasteiger charge is -2.32. The molecule has 0 atom stereocenters. The number of ketones is 1. The summed E-state index contributed by atoms with van der Waals surface area (Å²) >= 11 is 1.66. The van der Waals surface area contributed by atoms with E-state index in [1.54, 1.807) is 11.3 Å². The van der Waals surface area contributed by atoms with Crippen LogP contribution in [0.4, 0.5) is 5.00 Å². The fourth-order valence-electron chi connectivity index (χ4n) is 2.13. The molecule has 3 nitrogen and oxygen atoms in total. The fraction of sp³-hybridized carbons (Fsp3) is 0.643. The molecule has 1 aromatic heterocycles. The first kappa shape index (κ1) is 13.6. The van der Waals surface area contributed by atoms with Gasteiger partial charge in [0.15, 0.2) is 5.78 Å². The summed E-state index contributed by atoms with van der Waals surface area (Å²) < 4.78 is 0. The van der Waals surface area contributed by atoms with Gasteiger partial charge in [-0.25, -0.2) is 0 Å². The van der Waals surface area contributed by atoms with Crippen molar-refractivity contribution in [2.24, 2.45) is 0 Å². The largest absolute Gasteiger partial charge is 0.361 e. The van der Waals surface area contributed by atoms with Crippen LogP contribution in [0.5, 0.6) is 0 Å². The fourth-order valence-corrected chi connectivity index (χ4v) is 3.16.